The van der Waals surface area contributed by atoms with Gasteiger partial charge in [-0.05, 0) is 32.0 Å². The van der Waals surface area contributed by atoms with E-state index in [-0.39, 0.29) is 6.10 Å². The number of rotatable bonds is 5. The number of benzene rings is 1. The molecule has 1 aromatic heterocycles. The Hall–Kier alpha value is -1.81. The molecule has 4 nitrogen and oxygen atoms in total. The van der Waals surface area contributed by atoms with Crippen LogP contribution in [0.4, 0.5) is 0 Å². The zero-order valence-electron chi connectivity index (χ0n) is 13.0. The highest BCUT2D eigenvalue weighted by atomic mass is 16.5. The first-order valence-corrected chi connectivity index (χ1v) is 7.67. The summed E-state index contributed by atoms with van der Waals surface area (Å²) in [7, 11) is 0. The first-order chi connectivity index (χ1) is 10.2. The zero-order valence-corrected chi connectivity index (χ0v) is 13.0. The maximum Gasteiger partial charge on any atom is 0.123 e. The zero-order chi connectivity index (χ0) is 14.8. The van der Waals surface area contributed by atoms with Gasteiger partial charge in [0, 0.05) is 24.2 Å². The van der Waals surface area contributed by atoms with Crippen LogP contribution in [0, 0.1) is 13.8 Å². The van der Waals surface area contributed by atoms with E-state index in [0.717, 1.165) is 37.5 Å². The Morgan fingerprint density at radius 3 is 2.90 bits per heavy atom. The van der Waals surface area contributed by atoms with Crippen LogP contribution in [0.2, 0.25) is 0 Å². The van der Waals surface area contributed by atoms with Crippen LogP contribution < -0.4 is 10.1 Å². The van der Waals surface area contributed by atoms with E-state index in [2.05, 4.69) is 48.0 Å². The number of hydrogen-bond donors (Lipinski definition) is 1. The molecular formula is C17H23N3O. The number of nitrogens with zero attached hydrogens (tertiary/aromatic N) is 2. The van der Waals surface area contributed by atoms with Crippen molar-refractivity contribution in [3.8, 4) is 5.75 Å². The maximum atomic E-state index is 6.02. The largest absolute Gasteiger partial charge is 0.488 e. The third kappa shape index (κ3) is 2.81. The molecule has 1 aliphatic heterocycles. The molecule has 1 unspecified atom stereocenters. The minimum atomic E-state index is 0.187. The second kappa shape index (κ2) is 5.90. The SMILES string of the molecule is CCNCc1c(C)nn(CC2Cc3ccccc3O2)c1C. The van der Waals surface area contributed by atoms with E-state index in [1.54, 1.807) is 0 Å². The molecular weight excluding hydrogens is 262 g/mol. The summed E-state index contributed by atoms with van der Waals surface area (Å²) in [5.74, 6) is 1.02. The van der Waals surface area contributed by atoms with Gasteiger partial charge in [-0.3, -0.25) is 4.68 Å². The monoisotopic (exact) mass is 285 g/mol. The molecule has 21 heavy (non-hydrogen) atoms. The topological polar surface area (TPSA) is 39.1 Å². The van der Waals surface area contributed by atoms with E-state index in [9.17, 15) is 0 Å². The average Bonchev–Trinajstić information content (AvgIpc) is 2.99. The van der Waals surface area contributed by atoms with E-state index in [0.29, 0.717) is 0 Å². The van der Waals surface area contributed by atoms with Gasteiger partial charge in [-0.2, -0.15) is 5.10 Å². The quantitative estimate of drug-likeness (QED) is 0.918. The Bertz CT molecular complexity index is 608. The van der Waals surface area contributed by atoms with Crippen molar-refractivity contribution >= 4 is 0 Å². The van der Waals surface area contributed by atoms with Crippen LogP contribution >= 0.6 is 0 Å². The minimum absolute atomic E-state index is 0.187. The van der Waals surface area contributed by atoms with Gasteiger partial charge in [0.1, 0.15) is 11.9 Å². The molecule has 0 saturated heterocycles. The summed E-state index contributed by atoms with van der Waals surface area (Å²) in [4.78, 5) is 0. The molecule has 0 saturated carbocycles. The molecule has 0 radical (unpaired) electrons. The molecule has 2 heterocycles. The summed E-state index contributed by atoms with van der Waals surface area (Å²) in [5, 5.41) is 8.07. The van der Waals surface area contributed by atoms with Crippen LogP contribution in [0.1, 0.15) is 29.4 Å². The summed E-state index contributed by atoms with van der Waals surface area (Å²) in [6.45, 7) is 9.03. The maximum absolute atomic E-state index is 6.02. The fraction of sp³-hybridized carbons (Fsp3) is 0.471. The molecule has 0 bridgehead atoms. The number of aryl methyl sites for hydroxylation is 1. The van der Waals surface area contributed by atoms with Gasteiger partial charge < -0.3 is 10.1 Å². The van der Waals surface area contributed by atoms with Crippen molar-refractivity contribution in [2.24, 2.45) is 0 Å². The van der Waals surface area contributed by atoms with E-state index < -0.39 is 0 Å². The lowest BCUT2D eigenvalue weighted by Gasteiger charge is -2.12. The molecule has 1 atom stereocenters. The summed E-state index contributed by atoms with van der Waals surface area (Å²) in [6, 6.07) is 8.29. The van der Waals surface area contributed by atoms with Crippen LogP contribution in [0.25, 0.3) is 0 Å². The first kappa shape index (κ1) is 14.1. The highest BCUT2D eigenvalue weighted by Gasteiger charge is 2.24. The predicted molar refractivity (Wildman–Crippen MR) is 83.6 cm³/mol. The lowest BCUT2D eigenvalue weighted by molar-refractivity contribution is 0.202. The van der Waals surface area contributed by atoms with Gasteiger partial charge in [-0.15, -0.1) is 0 Å². The fourth-order valence-corrected chi connectivity index (χ4v) is 2.97. The summed E-state index contributed by atoms with van der Waals surface area (Å²) in [5.41, 5.74) is 4.97. The summed E-state index contributed by atoms with van der Waals surface area (Å²) in [6.07, 6.45) is 1.16. The Morgan fingerprint density at radius 1 is 1.33 bits per heavy atom. The predicted octanol–water partition coefficient (Wildman–Crippen LogP) is 2.61. The van der Waals surface area contributed by atoms with E-state index in [1.165, 1.54) is 16.8 Å². The molecule has 1 aromatic carbocycles. The number of aromatic nitrogens is 2. The number of fused-ring (bicyclic) bond motifs is 1. The highest BCUT2D eigenvalue weighted by molar-refractivity contribution is 5.37. The molecule has 4 heteroatoms. The molecule has 1 N–H and O–H groups in total. The van der Waals surface area contributed by atoms with Crippen LogP contribution in [0.5, 0.6) is 5.75 Å². The third-order valence-electron chi connectivity index (χ3n) is 4.17. The molecule has 1 aliphatic rings. The Balaban J connectivity index is 1.72. The number of nitrogens with one attached hydrogen (secondary N) is 1. The molecule has 0 amide bonds. The normalized spacial score (nSPS) is 16.8. The number of ether oxygens (including phenoxy) is 1. The first-order valence-electron chi connectivity index (χ1n) is 7.67. The van der Waals surface area contributed by atoms with Gasteiger partial charge in [-0.1, -0.05) is 25.1 Å². The van der Waals surface area contributed by atoms with Gasteiger partial charge in [0.2, 0.25) is 0 Å². The molecule has 3 rings (SSSR count). The van der Waals surface area contributed by atoms with Crippen LogP contribution in [-0.4, -0.2) is 22.4 Å². The van der Waals surface area contributed by atoms with Gasteiger partial charge >= 0.3 is 0 Å². The minimum Gasteiger partial charge on any atom is -0.488 e. The number of para-hydroxylation sites is 1. The second-order valence-corrected chi connectivity index (χ2v) is 5.66. The lowest BCUT2D eigenvalue weighted by atomic mass is 10.1. The summed E-state index contributed by atoms with van der Waals surface area (Å²) >= 11 is 0. The van der Waals surface area contributed by atoms with Crippen molar-refractivity contribution in [2.45, 2.75) is 46.4 Å². The molecule has 0 spiro atoms. The second-order valence-electron chi connectivity index (χ2n) is 5.66. The van der Waals surface area contributed by atoms with Crippen molar-refractivity contribution in [1.29, 1.82) is 0 Å². The smallest absolute Gasteiger partial charge is 0.123 e. The van der Waals surface area contributed by atoms with Gasteiger partial charge in [-0.25, -0.2) is 0 Å². The third-order valence-corrected chi connectivity index (χ3v) is 4.17. The Labute approximate surface area is 126 Å². The highest BCUT2D eigenvalue weighted by Crippen LogP contribution is 2.29. The van der Waals surface area contributed by atoms with Gasteiger partial charge in [0.05, 0.1) is 12.2 Å². The van der Waals surface area contributed by atoms with Crippen molar-refractivity contribution < 1.29 is 4.74 Å². The van der Waals surface area contributed by atoms with E-state index >= 15 is 0 Å². The molecule has 0 aliphatic carbocycles. The Kier molecular flexibility index (Phi) is 3.97. The van der Waals surface area contributed by atoms with Crippen molar-refractivity contribution in [3.63, 3.8) is 0 Å². The lowest BCUT2D eigenvalue weighted by Crippen LogP contribution is -2.22. The molecule has 112 valence electrons. The van der Waals surface area contributed by atoms with Crippen LogP contribution in [0.15, 0.2) is 24.3 Å². The summed E-state index contributed by atoms with van der Waals surface area (Å²) < 4.78 is 8.12. The average molecular weight is 285 g/mol. The van der Waals surface area contributed by atoms with Crippen molar-refractivity contribution in [3.05, 3.63) is 46.8 Å². The fourth-order valence-electron chi connectivity index (χ4n) is 2.97. The van der Waals surface area contributed by atoms with Crippen LogP contribution in [-0.2, 0) is 19.5 Å². The van der Waals surface area contributed by atoms with Crippen LogP contribution in [0.3, 0.4) is 0 Å². The molecule has 0 fully saturated rings. The van der Waals surface area contributed by atoms with Gasteiger partial charge in [0.15, 0.2) is 0 Å². The Morgan fingerprint density at radius 2 is 2.14 bits per heavy atom. The number of hydrogen-bond acceptors (Lipinski definition) is 3. The standard InChI is InChI=1S/C17H23N3O/c1-4-18-10-16-12(2)19-20(13(16)3)11-15-9-14-7-5-6-8-17(14)21-15/h5-8,15,18H,4,9-11H2,1-3H3. The van der Waals surface area contributed by atoms with Crippen molar-refractivity contribution in [1.82, 2.24) is 15.1 Å². The van der Waals surface area contributed by atoms with E-state index in [1.807, 2.05) is 12.1 Å². The van der Waals surface area contributed by atoms with Gasteiger partial charge in [0.25, 0.3) is 0 Å². The van der Waals surface area contributed by atoms with Crippen molar-refractivity contribution in [2.75, 3.05) is 6.54 Å². The molecule has 2 aromatic rings. The van der Waals surface area contributed by atoms with E-state index in [4.69, 9.17) is 4.74 Å².